The van der Waals surface area contributed by atoms with Gasteiger partial charge in [-0.1, -0.05) is 29.8 Å². The molecule has 0 aliphatic carbocycles. The van der Waals surface area contributed by atoms with Crippen molar-refractivity contribution in [3.8, 4) is 0 Å². The van der Waals surface area contributed by atoms with Gasteiger partial charge in [-0.2, -0.15) is 5.10 Å². The Morgan fingerprint density at radius 3 is 2.89 bits per heavy atom. The Bertz CT molecular complexity index is 559. The normalized spacial score (nSPS) is 23.5. The van der Waals surface area contributed by atoms with Crippen LogP contribution in [0.4, 0.5) is 0 Å². The maximum absolute atomic E-state index is 4.33. The molecule has 3 nitrogen and oxygen atoms in total. The van der Waals surface area contributed by atoms with E-state index in [1.54, 1.807) is 0 Å². The number of hydrogen-bond acceptors (Lipinski definition) is 2. The molecular weight excluding hydrogens is 234 g/mol. The van der Waals surface area contributed by atoms with Crippen LogP contribution in [0.5, 0.6) is 0 Å². The fraction of sp³-hybridized carbons (Fsp3) is 0.438. The maximum atomic E-state index is 4.33. The molecule has 0 saturated carbocycles. The Morgan fingerprint density at radius 1 is 1.26 bits per heavy atom. The Kier molecular flexibility index (Phi) is 3.38. The van der Waals surface area contributed by atoms with Crippen molar-refractivity contribution in [2.24, 2.45) is 7.05 Å². The van der Waals surface area contributed by atoms with E-state index in [4.69, 9.17) is 0 Å². The molecule has 3 heteroatoms. The molecule has 1 aliphatic rings. The van der Waals surface area contributed by atoms with Gasteiger partial charge in [0.05, 0.1) is 6.20 Å². The lowest BCUT2D eigenvalue weighted by Gasteiger charge is -2.32. The van der Waals surface area contributed by atoms with E-state index in [9.17, 15) is 0 Å². The van der Waals surface area contributed by atoms with Gasteiger partial charge >= 0.3 is 0 Å². The summed E-state index contributed by atoms with van der Waals surface area (Å²) in [6, 6.07) is 8.91. The van der Waals surface area contributed by atoms with E-state index >= 15 is 0 Å². The first kappa shape index (κ1) is 12.4. The smallest absolute Gasteiger partial charge is 0.0524 e. The first-order chi connectivity index (χ1) is 9.24. The highest BCUT2D eigenvalue weighted by Gasteiger charge is 2.28. The first-order valence-electron chi connectivity index (χ1n) is 7.00. The number of hydrogen-bond donors (Lipinski definition) is 1. The van der Waals surface area contributed by atoms with Gasteiger partial charge in [-0.05, 0) is 36.9 Å². The predicted molar refractivity (Wildman–Crippen MR) is 77.4 cm³/mol. The molecule has 0 radical (unpaired) electrons. The van der Waals surface area contributed by atoms with Crippen molar-refractivity contribution < 1.29 is 0 Å². The minimum Gasteiger partial charge on any atom is -0.316 e. The molecule has 100 valence electrons. The van der Waals surface area contributed by atoms with Crippen molar-refractivity contribution in [1.29, 1.82) is 0 Å². The quantitative estimate of drug-likeness (QED) is 0.894. The Balaban J connectivity index is 1.93. The van der Waals surface area contributed by atoms with E-state index in [2.05, 4.69) is 47.8 Å². The molecule has 2 unspecified atom stereocenters. The van der Waals surface area contributed by atoms with E-state index in [-0.39, 0.29) is 0 Å². The second-order valence-electron chi connectivity index (χ2n) is 5.57. The minimum absolute atomic E-state index is 0.554. The van der Waals surface area contributed by atoms with Crippen LogP contribution in [-0.2, 0) is 7.05 Å². The van der Waals surface area contributed by atoms with Crippen molar-refractivity contribution in [3.05, 3.63) is 53.3 Å². The topological polar surface area (TPSA) is 29.9 Å². The lowest BCUT2D eigenvalue weighted by Crippen LogP contribution is -2.33. The lowest BCUT2D eigenvalue weighted by atomic mass is 9.78. The van der Waals surface area contributed by atoms with Gasteiger partial charge in [-0.25, -0.2) is 0 Å². The monoisotopic (exact) mass is 255 g/mol. The lowest BCUT2D eigenvalue weighted by molar-refractivity contribution is 0.404. The molecule has 1 aromatic carbocycles. The van der Waals surface area contributed by atoms with Crippen molar-refractivity contribution in [3.63, 3.8) is 0 Å². The summed E-state index contributed by atoms with van der Waals surface area (Å²) in [5, 5.41) is 7.87. The number of nitrogens with one attached hydrogen (secondary N) is 1. The molecule has 19 heavy (non-hydrogen) atoms. The van der Waals surface area contributed by atoms with Gasteiger partial charge in [0.25, 0.3) is 0 Å². The van der Waals surface area contributed by atoms with Crippen LogP contribution in [0.1, 0.15) is 34.9 Å². The summed E-state index contributed by atoms with van der Waals surface area (Å²) in [7, 11) is 1.99. The molecule has 0 bridgehead atoms. The van der Waals surface area contributed by atoms with Crippen LogP contribution < -0.4 is 5.32 Å². The molecule has 1 aliphatic heterocycles. The summed E-state index contributed by atoms with van der Waals surface area (Å²) in [4.78, 5) is 0. The van der Waals surface area contributed by atoms with Crippen molar-refractivity contribution in [1.82, 2.24) is 15.1 Å². The van der Waals surface area contributed by atoms with Crippen LogP contribution in [-0.4, -0.2) is 22.9 Å². The summed E-state index contributed by atoms with van der Waals surface area (Å²) in [6.07, 6.45) is 5.38. The summed E-state index contributed by atoms with van der Waals surface area (Å²) in [5.74, 6) is 1.13. The number of aromatic nitrogens is 2. The standard InChI is InChI=1S/C16H21N3/c1-12-4-3-5-13(8-12)16-10-17-7-6-15(16)14-9-18-19(2)11-14/h3-5,8-9,11,15-17H,6-7,10H2,1-2H3. The van der Waals surface area contributed by atoms with Gasteiger partial charge in [0, 0.05) is 25.7 Å². The SMILES string of the molecule is Cc1cccc(C2CNCCC2c2cnn(C)c2)c1. The molecule has 1 fully saturated rings. The fourth-order valence-corrected chi connectivity index (χ4v) is 3.14. The zero-order valence-electron chi connectivity index (χ0n) is 11.6. The largest absolute Gasteiger partial charge is 0.316 e. The van der Waals surface area contributed by atoms with Crippen LogP contribution >= 0.6 is 0 Å². The van der Waals surface area contributed by atoms with E-state index < -0.39 is 0 Å². The highest BCUT2D eigenvalue weighted by Crippen LogP contribution is 2.37. The number of piperidine rings is 1. The van der Waals surface area contributed by atoms with Crippen LogP contribution in [0, 0.1) is 6.92 Å². The first-order valence-corrected chi connectivity index (χ1v) is 7.00. The number of benzene rings is 1. The predicted octanol–water partition coefficient (Wildman–Crippen LogP) is 2.59. The van der Waals surface area contributed by atoms with Crippen LogP contribution in [0.15, 0.2) is 36.7 Å². The third-order valence-electron chi connectivity index (χ3n) is 4.11. The van der Waals surface area contributed by atoms with Gasteiger partial charge in [0.1, 0.15) is 0 Å². The van der Waals surface area contributed by atoms with Gasteiger partial charge < -0.3 is 5.32 Å². The van der Waals surface area contributed by atoms with Gasteiger partial charge in [0.15, 0.2) is 0 Å². The molecule has 0 amide bonds. The molecule has 1 saturated heterocycles. The second-order valence-corrected chi connectivity index (χ2v) is 5.57. The summed E-state index contributed by atoms with van der Waals surface area (Å²) < 4.78 is 1.91. The van der Waals surface area contributed by atoms with Crippen molar-refractivity contribution >= 4 is 0 Å². The van der Waals surface area contributed by atoms with Gasteiger partial charge in [0.2, 0.25) is 0 Å². The highest BCUT2D eigenvalue weighted by atomic mass is 15.2. The van der Waals surface area contributed by atoms with Gasteiger partial charge in [-0.3, -0.25) is 4.68 Å². The van der Waals surface area contributed by atoms with E-state index in [0.717, 1.165) is 13.1 Å². The van der Waals surface area contributed by atoms with Crippen LogP contribution in [0.3, 0.4) is 0 Å². The van der Waals surface area contributed by atoms with Gasteiger partial charge in [-0.15, -0.1) is 0 Å². The fourth-order valence-electron chi connectivity index (χ4n) is 3.14. The number of aryl methyl sites for hydroxylation is 2. The Labute approximate surface area is 114 Å². The zero-order valence-corrected chi connectivity index (χ0v) is 11.6. The average Bonchev–Trinajstić information content (AvgIpc) is 2.85. The average molecular weight is 255 g/mol. The van der Waals surface area contributed by atoms with E-state index in [0.29, 0.717) is 11.8 Å². The van der Waals surface area contributed by atoms with Crippen molar-refractivity contribution in [2.75, 3.05) is 13.1 Å². The summed E-state index contributed by atoms with van der Waals surface area (Å²) in [5.41, 5.74) is 4.16. The molecular formula is C16H21N3. The molecule has 1 aromatic heterocycles. The van der Waals surface area contributed by atoms with E-state index in [1.807, 2.05) is 17.9 Å². The third-order valence-corrected chi connectivity index (χ3v) is 4.11. The van der Waals surface area contributed by atoms with Crippen LogP contribution in [0.2, 0.25) is 0 Å². The molecule has 0 spiro atoms. The molecule has 3 rings (SSSR count). The molecule has 2 heterocycles. The minimum atomic E-state index is 0.554. The summed E-state index contributed by atoms with van der Waals surface area (Å²) in [6.45, 7) is 4.32. The highest BCUT2D eigenvalue weighted by molar-refractivity contribution is 5.30. The Hall–Kier alpha value is -1.61. The number of nitrogens with zero attached hydrogens (tertiary/aromatic N) is 2. The van der Waals surface area contributed by atoms with Crippen molar-refractivity contribution in [2.45, 2.75) is 25.2 Å². The van der Waals surface area contributed by atoms with E-state index in [1.165, 1.54) is 23.1 Å². The maximum Gasteiger partial charge on any atom is 0.0524 e. The summed E-state index contributed by atoms with van der Waals surface area (Å²) >= 11 is 0. The second kappa shape index (κ2) is 5.17. The number of rotatable bonds is 2. The zero-order chi connectivity index (χ0) is 13.2. The Morgan fingerprint density at radius 2 is 2.16 bits per heavy atom. The molecule has 2 aromatic rings. The van der Waals surface area contributed by atoms with Crippen LogP contribution in [0.25, 0.3) is 0 Å². The molecule has 2 atom stereocenters. The molecule has 1 N–H and O–H groups in total. The third kappa shape index (κ3) is 2.56.